The van der Waals surface area contributed by atoms with E-state index in [1.165, 1.54) is 19.3 Å². The first-order chi connectivity index (χ1) is 6.81. The molecule has 3 nitrogen and oxygen atoms in total. The van der Waals surface area contributed by atoms with E-state index < -0.39 is 0 Å². The van der Waals surface area contributed by atoms with Crippen LogP contribution in [0.25, 0.3) is 0 Å². The number of hydrogen-bond donors (Lipinski definition) is 1. The van der Waals surface area contributed by atoms with Gasteiger partial charge in [0, 0.05) is 18.4 Å². The normalized spacial score (nSPS) is 33.1. The van der Waals surface area contributed by atoms with Crippen molar-refractivity contribution in [3.8, 4) is 0 Å². The molecule has 1 aromatic heterocycles. The third kappa shape index (κ3) is 1.82. The van der Waals surface area contributed by atoms with Crippen molar-refractivity contribution in [2.24, 2.45) is 5.92 Å². The second-order valence-corrected chi connectivity index (χ2v) is 4.37. The van der Waals surface area contributed by atoms with Gasteiger partial charge in [-0.25, -0.2) is 0 Å². The van der Waals surface area contributed by atoms with Gasteiger partial charge in [-0.2, -0.15) is 5.10 Å². The van der Waals surface area contributed by atoms with Crippen molar-refractivity contribution in [2.75, 3.05) is 7.05 Å². The molecule has 1 aromatic rings. The van der Waals surface area contributed by atoms with Crippen molar-refractivity contribution in [1.82, 2.24) is 15.1 Å². The van der Waals surface area contributed by atoms with Crippen LogP contribution in [0.5, 0.6) is 0 Å². The summed E-state index contributed by atoms with van der Waals surface area (Å²) in [6.07, 6.45) is 7.79. The molecule has 3 atom stereocenters. The van der Waals surface area contributed by atoms with Crippen molar-refractivity contribution in [3.63, 3.8) is 0 Å². The molecule has 1 N–H and O–H groups in total. The quantitative estimate of drug-likeness (QED) is 0.776. The molecule has 0 amide bonds. The summed E-state index contributed by atoms with van der Waals surface area (Å²) in [6.45, 7) is 2.34. The van der Waals surface area contributed by atoms with Crippen molar-refractivity contribution in [3.05, 3.63) is 18.5 Å². The minimum absolute atomic E-state index is 0.541. The minimum Gasteiger partial charge on any atom is -0.315 e. The predicted octanol–water partition coefficient (Wildman–Crippen LogP) is 1.83. The van der Waals surface area contributed by atoms with Crippen molar-refractivity contribution < 1.29 is 0 Å². The Morgan fingerprint density at radius 3 is 2.93 bits per heavy atom. The number of aromatic nitrogens is 2. The largest absolute Gasteiger partial charge is 0.315 e. The molecule has 78 valence electrons. The summed E-state index contributed by atoms with van der Waals surface area (Å²) in [5, 5.41) is 7.75. The van der Waals surface area contributed by atoms with E-state index in [2.05, 4.69) is 35.3 Å². The molecule has 1 aliphatic carbocycles. The zero-order valence-electron chi connectivity index (χ0n) is 8.98. The summed E-state index contributed by atoms with van der Waals surface area (Å²) in [5.74, 6) is 0.828. The highest BCUT2D eigenvalue weighted by molar-refractivity contribution is 4.90. The molecule has 1 aliphatic rings. The van der Waals surface area contributed by atoms with Gasteiger partial charge in [0.2, 0.25) is 0 Å². The Morgan fingerprint density at radius 2 is 2.29 bits per heavy atom. The van der Waals surface area contributed by atoms with Crippen LogP contribution in [-0.2, 0) is 0 Å². The Bertz CT molecular complexity index is 268. The third-order valence-electron chi connectivity index (χ3n) is 3.31. The molecule has 0 spiro atoms. The second-order valence-electron chi connectivity index (χ2n) is 4.37. The number of hydrogen-bond acceptors (Lipinski definition) is 2. The smallest absolute Gasteiger partial charge is 0.0674 e. The molecule has 3 heteroatoms. The minimum atomic E-state index is 0.541. The Balaban J connectivity index is 2.13. The fourth-order valence-electron chi connectivity index (χ4n) is 2.46. The van der Waals surface area contributed by atoms with E-state index in [-0.39, 0.29) is 0 Å². The van der Waals surface area contributed by atoms with E-state index in [0.717, 1.165) is 5.92 Å². The molecule has 3 unspecified atom stereocenters. The monoisotopic (exact) mass is 193 g/mol. The lowest BCUT2D eigenvalue weighted by Crippen LogP contribution is -2.39. The average molecular weight is 193 g/mol. The topological polar surface area (TPSA) is 29.9 Å². The molecule has 0 saturated heterocycles. The van der Waals surface area contributed by atoms with Gasteiger partial charge < -0.3 is 5.32 Å². The molecule has 0 aromatic carbocycles. The van der Waals surface area contributed by atoms with Crippen LogP contribution in [0, 0.1) is 5.92 Å². The van der Waals surface area contributed by atoms with Gasteiger partial charge in [0.05, 0.1) is 6.04 Å². The standard InChI is InChI=1S/C11H19N3/c1-9-4-5-10(12-2)11(8-9)14-7-3-6-13-14/h3,6-7,9-12H,4-5,8H2,1-2H3. The van der Waals surface area contributed by atoms with E-state index in [4.69, 9.17) is 0 Å². The molecule has 1 saturated carbocycles. The summed E-state index contributed by atoms with van der Waals surface area (Å²) in [6, 6.07) is 3.14. The second kappa shape index (κ2) is 4.13. The number of nitrogens with one attached hydrogen (secondary N) is 1. The zero-order valence-corrected chi connectivity index (χ0v) is 8.98. The first-order valence-corrected chi connectivity index (χ1v) is 5.47. The van der Waals surface area contributed by atoms with Gasteiger partial charge in [-0.1, -0.05) is 6.92 Å². The van der Waals surface area contributed by atoms with Crippen LogP contribution >= 0.6 is 0 Å². The van der Waals surface area contributed by atoms with Crippen LogP contribution in [0.4, 0.5) is 0 Å². The number of rotatable bonds is 2. The summed E-state index contributed by atoms with van der Waals surface area (Å²) < 4.78 is 2.11. The summed E-state index contributed by atoms with van der Waals surface area (Å²) in [7, 11) is 2.05. The van der Waals surface area contributed by atoms with E-state index in [0.29, 0.717) is 12.1 Å². The maximum absolute atomic E-state index is 4.35. The lowest BCUT2D eigenvalue weighted by atomic mass is 9.83. The Kier molecular flexibility index (Phi) is 2.87. The summed E-state index contributed by atoms with van der Waals surface area (Å²) in [4.78, 5) is 0. The van der Waals surface area contributed by atoms with Crippen LogP contribution in [0.3, 0.4) is 0 Å². The van der Waals surface area contributed by atoms with Crippen LogP contribution < -0.4 is 5.32 Å². The molecule has 0 bridgehead atoms. The lowest BCUT2D eigenvalue weighted by Gasteiger charge is -2.34. The lowest BCUT2D eigenvalue weighted by molar-refractivity contribution is 0.210. The highest BCUT2D eigenvalue weighted by Crippen LogP contribution is 2.31. The SMILES string of the molecule is CNC1CCC(C)CC1n1cccn1. The van der Waals surface area contributed by atoms with Gasteiger partial charge in [0.25, 0.3) is 0 Å². The van der Waals surface area contributed by atoms with E-state index in [1.54, 1.807) is 0 Å². The first kappa shape index (κ1) is 9.71. The maximum atomic E-state index is 4.35. The van der Waals surface area contributed by atoms with Crippen LogP contribution in [-0.4, -0.2) is 22.9 Å². The van der Waals surface area contributed by atoms with Crippen molar-refractivity contribution >= 4 is 0 Å². The molecule has 1 fully saturated rings. The van der Waals surface area contributed by atoms with E-state index >= 15 is 0 Å². The van der Waals surface area contributed by atoms with Gasteiger partial charge in [-0.3, -0.25) is 4.68 Å². The molecule has 14 heavy (non-hydrogen) atoms. The molecule has 0 aliphatic heterocycles. The van der Waals surface area contributed by atoms with Crippen molar-refractivity contribution in [1.29, 1.82) is 0 Å². The number of nitrogens with zero attached hydrogens (tertiary/aromatic N) is 2. The maximum Gasteiger partial charge on any atom is 0.0674 e. The van der Waals surface area contributed by atoms with E-state index in [1.807, 2.05) is 12.3 Å². The fourth-order valence-corrected chi connectivity index (χ4v) is 2.46. The fraction of sp³-hybridized carbons (Fsp3) is 0.727. The Labute approximate surface area is 85.5 Å². The van der Waals surface area contributed by atoms with Gasteiger partial charge in [0.1, 0.15) is 0 Å². The van der Waals surface area contributed by atoms with Gasteiger partial charge >= 0.3 is 0 Å². The molecule has 2 rings (SSSR count). The van der Waals surface area contributed by atoms with Crippen LogP contribution in [0.2, 0.25) is 0 Å². The van der Waals surface area contributed by atoms with Gasteiger partial charge in [-0.05, 0) is 38.3 Å². The predicted molar refractivity (Wildman–Crippen MR) is 57.1 cm³/mol. The molecular formula is C11H19N3. The average Bonchev–Trinajstić information content (AvgIpc) is 2.70. The van der Waals surface area contributed by atoms with Gasteiger partial charge in [0.15, 0.2) is 0 Å². The third-order valence-corrected chi connectivity index (χ3v) is 3.31. The molecular weight excluding hydrogens is 174 g/mol. The zero-order chi connectivity index (χ0) is 9.97. The molecule has 0 radical (unpaired) electrons. The van der Waals surface area contributed by atoms with Gasteiger partial charge in [-0.15, -0.1) is 0 Å². The highest BCUT2D eigenvalue weighted by Gasteiger charge is 2.28. The van der Waals surface area contributed by atoms with Crippen LogP contribution in [0.15, 0.2) is 18.5 Å². The summed E-state index contributed by atoms with van der Waals surface area (Å²) in [5.41, 5.74) is 0. The summed E-state index contributed by atoms with van der Waals surface area (Å²) >= 11 is 0. The van der Waals surface area contributed by atoms with Crippen LogP contribution in [0.1, 0.15) is 32.2 Å². The Morgan fingerprint density at radius 1 is 1.43 bits per heavy atom. The first-order valence-electron chi connectivity index (χ1n) is 5.47. The highest BCUT2D eigenvalue weighted by atomic mass is 15.3. The number of likely N-dealkylation sites (N-methyl/N-ethyl adjacent to an activating group) is 1. The van der Waals surface area contributed by atoms with E-state index in [9.17, 15) is 0 Å². The van der Waals surface area contributed by atoms with Crippen molar-refractivity contribution in [2.45, 2.75) is 38.3 Å². The molecule has 1 heterocycles. The Hall–Kier alpha value is -0.830.